The van der Waals surface area contributed by atoms with Gasteiger partial charge in [-0.1, -0.05) is 0 Å². The largest absolute Gasteiger partial charge is 0.480 e. The number of benzene rings is 1. The van der Waals surface area contributed by atoms with Gasteiger partial charge in [-0.05, 0) is 38.5 Å². The second-order valence-electron chi connectivity index (χ2n) is 7.86. The number of carbonyl (C=O) groups excluding carboxylic acids is 1. The van der Waals surface area contributed by atoms with Crippen LogP contribution >= 0.6 is 0 Å². The summed E-state index contributed by atoms with van der Waals surface area (Å²) in [5, 5.41) is 16.1. The van der Waals surface area contributed by atoms with Gasteiger partial charge in [0, 0.05) is 19.3 Å². The van der Waals surface area contributed by atoms with Crippen LogP contribution in [0, 0.1) is 12.7 Å². The van der Waals surface area contributed by atoms with Crippen molar-refractivity contribution in [3.8, 4) is 17.3 Å². The standard InChI is InChI=1S/C22H23F4N5O5/c1-10-6-7-27-20(35-5)17(10)28-19(33)13-8-14(23)15(9-16(13)36-12(3)22(24,25)26)31-21(34)30(4)18(29-31)11(2)32/h6-9,11-12,32H,1-5H3,(H,28,33). The van der Waals surface area contributed by atoms with Crippen molar-refractivity contribution < 1.29 is 36.9 Å². The molecule has 2 unspecified atom stereocenters. The number of aryl methyl sites for hydroxylation is 1. The first-order valence-electron chi connectivity index (χ1n) is 10.5. The average Bonchev–Trinajstić information content (AvgIpc) is 3.09. The van der Waals surface area contributed by atoms with E-state index in [1.807, 2.05) is 0 Å². The molecule has 1 amide bonds. The number of amides is 1. The number of aliphatic hydroxyl groups excluding tert-OH is 1. The molecule has 14 heteroatoms. The Kier molecular flexibility index (Phi) is 7.38. The highest BCUT2D eigenvalue weighted by atomic mass is 19.4. The molecular formula is C22H23F4N5O5. The first-order chi connectivity index (χ1) is 16.8. The minimum atomic E-state index is -4.81. The van der Waals surface area contributed by atoms with Crippen LogP contribution in [-0.4, -0.2) is 49.7 Å². The van der Waals surface area contributed by atoms with E-state index in [9.17, 15) is 27.9 Å². The van der Waals surface area contributed by atoms with Crippen LogP contribution in [0.4, 0.5) is 23.2 Å². The van der Waals surface area contributed by atoms with Crippen molar-refractivity contribution in [2.24, 2.45) is 7.05 Å². The molecule has 0 spiro atoms. The van der Waals surface area contributed by atoms with Gasteiger partial charge in [-0.3, -0.25) is 9.36 Å². The summed E-state index contributed by atoms with van der Waals surface area (Å²) in [5.74, 6) is -2.93. The lowest BCUT2D eigenvalue weighted by molar-refractivity contribution is -0.189. The molecule has 0 saturated heterocycles. The number of ether oxygens (including phenoxy) is 2. The van der Waals surface area contributed by atoms with E-state index in [1.54, 1.807) is 13.0 Å². The molecular weight excluding hydrogens is 490 g/mol. The van der Waals surface area contributed by atoms with Gasteiger partial charge < -0.3 is 19.9 Å². The number of aliphatic hydroxyl groups is 1. The second-order valence-corrected chi connectivity index (χ2v) is 7.86. The Morgan fingerprint density at radius 2 is 1.92 bits per heavy atom. The van der Waals surface area contributed by atoms with Crippen LogP contribution in [-0.2, 0) is 7.05 Å². The lowest BCUT2D eigenvalue weighted by Crippen LogP contribution is -2.32. The zero-order valence-electron chi connectivity index (χ0n) is 19.8. The van der Waals surface area contributed by atoms with E-state index in [0.717, 1.165) is 10.6 Å². The fraction of sp³-hybridized carbons (Fsp3) is 0.364. The van der Waals surface area contributed by atoms with Crippen molar-refractivity contribution in [3.05, 3.63) is 57.6 Å². The number of nitrogens with one attached hydrogen (secondary N) is 1. The van der Waals surface area contributed by atoms with E-state index >= 15 is 4.39 Å². The molecule has 0 aliphatic rings. The fourth-order valence-corrected chi connectivity index (χ4v) is 3.23. The summed E-state index contributed by atoms with van der Waals surface area (Å²) < 4.78 is 66.5. The maximum absolute atomic E-state index is 15.2. The third-order valence-corrected chi connectivity index (χ3v) is 5.23. The highest BCUT2D eigenvalue weighted by Crippen LogP contribution is 2.32. The summed E-state index contributed by atoms with van der Waals surface area (Å²) in [4.78, 5) is 29.6. The number of anilines is 1. The first-order valence-corrected chi connectivity index (χ1v) is 10.5. The zero-order chi connectivity index (χ0) is 26.9. The monoisotopic (exact) mass is 513 g/mol. The summed E-state index contributed by atoms with van der Waals surface area (Å²) in [5.41, 5.74) is -1.42. The molecule has 0 aliphatic heterocycles. The molecule has 36 heavy (non-hydrogen) atoms. The first kappa shape index (κ1) is 26.7. The van der Waals surface area contributed by atoms with Crippen LogP contribution in [0.3, 0.4) is 0 Å². The molecule has 0 radical (unpaired) electrons. The van der Waals surface area contributed by atoms with E-state index in [0.29, 0.717) is 23.2 Å². The predicted molar refractivity (Wildman–Crippen MR) is 119 cm³/mol. The van der Waals surface area contributed by atoms with Crippen molar-refractivity contribution in [2.45, 2.75) is 39.2 Å². The van der Waals surface area contributed by atoms with E-state index < -0.39 is 52.8 Å². The summed E-state index contributed by atoms with van der Waals surface area (Å²) in [6.45, 7) is 3.65. The number of nitrogens with zero attached hydrogens (tertiary/aromatic N) is 4. The highest BCUT2D eigenvalue weighted by Gasteiger charge is 2.39. The fourth-order valence-electron chi connectivity index (χ4n) is 3.23. The van der Waals surface area contributed by atoms with E-state index in [2.05, 4.69) is 15.4 Å². The molecule has 2 heterocycles. The molecule has 0 aliphatic carbocycles. The Hall–Kier alpha value is -3.94. The Labute approximate surface area is 202 Å². The van der Waals surface area contributed by atoms with Gasteiger partial charge in [0.2, 0.25) is 5.88 Å². The number of halogens is 4. The van der Waals surface area contributed by atoms with Gasteiger partial charge in [0.15, 0.2) is 11.9 Å². The summed E-state index contributed by atoms with van der Waals surface area (Å²) in [6.07, 6.45) is -6.97. The van der Waals surface area contributed by atoms with Crippen molar-refractivity contribution in [2.75, 3.05) is 12.4 Å². The minimum absolute atomic E-state index is 0.0252. The maximum atomic E-state index is 15.2. The van der Waals surface area contributed by atoms with Crippen LogP contribution in [0.2, 0.25) is 0 Å². The van der Waals surface area contributed by atoms with Crippen molar-refractivity contribution in [1.82, 2.24) is 19.3 Å². The van der Waals surface area contributed by atoms with E-state index in [4.69, 9.17) is 9.47 Å². The summed E-state index contributed by atoms with van der Waals surface area (Å²) in [7, 11) is 2.58. The molecule has 1 aromatic carbocycles. The Bertz CT molecular complexity index is 1350. The van der Waals surface area contributed by atoms with E-state index in [-0.39, 0.29) is 17.4 Å². The Morgan fingerprint density at radius 1 is 1.25 bits per heavy atom. The normalized spacial score (nSPS) is 13.3. The number of alkyl halides is 3. The maximum Gasteiger partial charge on any atom is 0.425 e. The van der Waals surface area contributed by atoms with Crippen LogP contribution in [0.25, 0.3) is 5.69 Å². The number of hydrogen-bond acceptors (Lipinski definition) is 7. The molecule has 0 fully saturated rings. The Morgan fingerprint density at radius 3 is 2.47 bits per heavy atom. The van der Waals surface area contributed by atoms with Crippen LogP contribution in [0.1, 0.15) is 41.7 Å². The molecule has 2 aromatic heterocycles. The van der Waals surface area contributed by atoms with Crippen LogP contribution in [0.15, 0.2) is 29.2 Å². The number of methoxy groups -OCH3 is 1. The third-order valence-electron chi connectivity index (χ3n) is 5.23. The van der Waals surface area contributed by atoms with Gasteiger partial charge in [0.05, 0.1) is 12.7 Å². The lowest BCUT2D eigenvalue weighted by atomic mass is 10.1. The second kappa shape index (κ2) is 9.97. The van der Waals surface area contributed by atoms with Gasteiger partial charge >= 0.3 is 11.9 Å². The van der Waals surface area contributed by atoms with Crippen molar-refractivity contribution in [1.29, 1.82) is 0 Å². The van der Waals surface area contributed by atoms with Gasteiger partial charge in [-0.25, -0.2) is 14.2 Å². The summed E-state index contributed by atoms with van der Waals surface area (Å²) in [6, 6.07) is 2.95. The molecule has 10 nitrogen and oxygen atoms in total. The third kappa shape index (κ3) is 5.17. The van der Waals surface area contributed by atoms with Crippen LogP contribution in [0.5, 0.6) is 11.6 Å². The molecule has 2 N–H and O–H groups in total. The van der Waals surface area contributed by atoms with Gasteiger partial charge in [0.1, 0.15) is 29.0 Å². The molecule has 2 atom stereocenters. The topological polar surface area (TPSA) is 120 Å². The molecule has 3 aromatic rings. The van der Waals surface area contributed by atoms with Gasteiger partial charge in [-0.15, -0.1) is 5.10 Å². The van der Waals surface area contributed by atoms with Gasteiger partial charge in [0.25, 0.3) is 5.91 Å². The number of carbonyl (C=O) groups is 1. The molecule has 0 saturated carbocycles. The highest BCUT2D eigenvalue weighted by molar-refractivity contribution is 6.07. The molecule has 3 rings (SSSR count). The van der Waals surface area contributed by atoms with Crippen LogP contribution < -0.4 is 20.5 Å². The zero-order valence-corrected chi connectivity index (χ0v) is 19.8. The number of aromatic nitrogens is 4. The number of hydrogen-bond donors (Lipinski definition) is 2. The van der Waals surface area contributed by atoms with E-state index in [1.165, 1.54) is 27.3 Å². The molecule has 0 bridgehead atoms. The smallest absolute Gasteiger partial charge is 0.425 e. The number of pyridine rings is 1. The number of rotatable bonds is 7. The van der Waals surface area contributed by atoms with Gasteiger partial charge in [-0.2, -0.15) is 17.9 Å². The Balaban J connectivity index is 2.16. The summed E-state index contributed by atoms with van der Waals surface area (Å²) >= 11 is 0. The SMILES string of the molecule is COc1nccc(C)c1NC(=O)c1cc(F)c(-n2nc(C(C)O)n(C)c2=O)cc1OC(C)C(F)(F)F. The predicted octanol–water partition coefficient (Wildman–Crippen LogP) is 3.06. The lowest BCUT2D eigenvalue weighted by Gasteiger charge is -2.21. The average molecular weight is 513 g/mol. The van der Waals surface area contributed by atoms with Crippen molar-refractivity contribution in [3.63, 3.8) is 0 Å². The quantitative estimate of drug-likeness (QED) is 0.466. The minimum Gasteiger partial charge on any atom is -0.480 e. The van der Waals surface area contributed by atoms with Crippen molar-refractivity contribution >= 4 is 11.6 Å². The molecule has 194 valence electrons.